The van der Waals surface area contributed by atoms with E-state index in [1.807, 2.05) is 25.1 Å². The van der Waals surface area contributed by atoms with Crippen LogP contribution in [0.2, 0.25) is 10.1 Å². The van der Waals surface area contributed by atoms with Gasteiger partial charge in [0.25, 0.3) is 5.91 Å². The van der Waals surface area contributed by atoms with E-state index in [9.17, 15) is 4.79 Å². The van der Waals surface area contributed by atoms with E-state index in [2.05, 4.69) is 56.5 Å². The molecule has 0 radical (unpaired) electrons. The molecule has 2 aliphatic rings. The van der Waals surface area contributed by atoms with Gasteiger partial charge in [-0.05, 0) is 19.1 Å². The summed E-state index contributed by atoms with van der Waals surface area (Å²) in [4.78, 5) is 28.1. The number of benzene rings is 1. The summed E-state index contributed by atoms with van der Waals surface area (Å²) < 4.78 is 37.0. The maximum Gasteiger partial charge on any atom is 0.349 e. The van der Waals surface area contributed by atoms with Gasteiger partial charge in [0.1, 0.15) is 18.5 Å². The van der Waals surface area contributed by atoms with Crippen LogP contribution in [-0.2, 0) is 13.6 Å². The van der Waals surface area contributed by atoms with Gasteiger partial charge in [0.2, 0.25) is 0 Å². The summed E-state index contributed by atoms with van der Waals surface area (Å²) in [5, 5.41) is -0.542. The molecular weight excluding hydrogens is 505 g/mol. The van der Waals surface area contributed by atoms with Crippen LogP contribution in [0.15, 0.2) is 43.0 Å². The van der Waals surface area contributed by atoms with Crippen LogP contribution < -0.4 is 4.90 Å². The van der Waals surface area contributed by atoms with Crippen LogP contribution in [0.4, 0.5) is 10.2 Å². The fraction of sp³-hybridized carbons (Fsp3) is 0.556. The summed E-state index contributed by atoms with van der Waals surface area (Å²) in [5.41, 5.74) is 1.32. The number of fused-ring (bicyclic) bond motifs is 2. The Hall–Kier alpha value is -2.73. The van der Waals surface area contributed by atoms with Crippen LogP contribution in [0.5, 0.6) is 0 Å². The van der Waals surface area contributed by atoms with Crippen LogP contribution in [0, 0.1) is 0 Å². The third kappa shape index (κ3) is 4.16. The van der Waals surface area contributed by atoms with E-state index < -0.39 is 33.2 Å². The lowest BCUT2D eigenvalue weighted by Gasteiger charge is -2.53. The molecule has 0 bridgehead atoms. The molecule has 0 saturated carbocycles. The number of imidazole rings is 1. The number of amides is 1. The summed E-state index contributed by atoms with van der Waals surface area (Å²) in [5.74, 6) is 0.160. The van der Waals surface area contributed by atoms with E-state index >= 15 is 4.39 Å². The average Bonchev–Trinajstić information content (AvgIpc) is 3.44. The summed E-state index contributed by atoms with van der Waals surface area (Å²) in [6, 6.07) is 8.99. The molecule has 9 nitrogen and oxygen atoms in total. The second-order valence-electron chi connectivity index (χ2n) is 12.0. The van der Waals surface area contributed by atoms with Gasteiger partial charge in [0.15, 0.2) is 29.4 Å². The number of ether oxygens (including phenoxy) is 1. The van der Waals surface area contributed by atoms with Gasteiger partial charge < -0.3 is 13.6 Å². The van der Waals surface area contributed by atoms with Crippen molar-refractivity contribution >= 4 is 31.4 Å². The number of carbonyl (C=O) groups excluding carboxylic acids is 1. The first-order valence-corrected chi connectivity index (χ1v) is 14.9. The minimum absolute atomic E-state index is 0.203. The lowest BCUT2D eigenvalue weighted by atomic mass is 10.1. The minimum atomic E-state index is -2.87. The molecular formula is C27H36FN5O4Si. The molecule has 0 spiro atoms. The summed E-state index contributed by atoms with van der Waals surface area (Å²) in [7, 11) is -2.87. The number of anilines is 1. The van der Waals surface area contributed by atoms with Crippen molar-refractivity contribution in [2.75, 3.05) is 18.1 Å². The van der Waals surface area contributed by atoms with Crippen molar-refractivity contribution in [3.63, 3.8) is 0 Å². The highest BCUT2D eigenvalue weighted by molar-refractivity contribution is 6.73. The standard InChI is InChI=1S/C27H36FN5O4Si/c1-8-32(24(34)17-12-10-9-11-13-17)22-20-23(30-15-29-22)33(16-31-20)25-19(28)21-18(36-25)14-35-38(37-21,26(2,3)4)27(5,6)7/h9-13,15-16,18-19,21,25H,8,14H2,1-7H3/t18-,19+,21?,25-/m1/s1. The molecule has 0 aliphatic carbocycles. The Kier molecular flexibility index (Phi) is 6.70. The van der Waals surface area contributed by atoms with Gasteiger partial charge in [-0.25, -0.2) is 19.3 Å². The third-order valence-corrected chi connectivity index (χ3v) is 12.6. The van der Waals surface area contributed by atoms with Crippen LogP contribution in [-0.4, -0.2) is 65.5 Å². The third-order valence-electron chi connectivity index (χ3n) is 7.45. The Labute approximate surface area is 223 Å². The molecule has 204 valence electrons. The molecule has 1 aromatic carbocycles. The first-order chi connectivity index (χ1) is 17.9. The molecule has 4 atom stereocenters. The van der Waals surface area contributed by atoms with Gasteiger partial charge in [-0.1, -0.05) is 59.7 Å². The number of halogens is 1. The zero-order valence-corrected chi connectivity index (χ0v) is 24.0. The van der Waals surface area contributed by atoms with E-state index in [4.69, 9.17) is 13.6 Å². The molecule has 1 unspecified atom stereocenters. The van der Waals surface area contributed by atoms with Crippen molar-refractivity contribution in [3.8, 4) is 0 Å². The highest BCUT2D eigenvalue weighted by Crippen LogP contribution is 2.56. The molecule has 2 saturated heterocycles. The monoisotopic (exact) mass is 541 g/mol. The van der Waals surface area contributed by atoms with Crippen LogP contribution in [0.3, 0.4) is 0 Å². The van der Waals surface area contributed by atoms with Crippen molar-refractivity contribution in [1.29, 1.82) is 0 Å². The zero-order valence-electron chi connectivity index (χ0n) is 23.0. The summed E-state index contributed by atoms with van der Waals surface area (Å²) >= 11 is 0. The normalized spacial score (nSPS) is 25.4. The van der Waals surface area contributed by atoms with Crippen molar-refractivity contribution < 1.29 is 22.8 Å². The fourth-order valence-electron chi connectivity index (χ4n) is 5.88. The zero-order chi connectivity index (χ0) is 27.5. The van der Waals surface area contributed by atoms with Gasteiger partial charge in [-0.2, -0.15) is 0 Å². The molecule has 38 heavy (non-hydrogen) atoms. The smallest absolute Gasteiger partial charge is 0.349 e. The lowest BCUT2D eigenvalue weighted by Crippen LogP contribution is -2.65. The first-order valence-electron chi connectivity index (χ1n) is 13.1. The van der Waals surface area contributed by atoms with Gasteiger partial charge in [0.05, 0.1) is 12.9 Å². The second kappa shape index (κ2) is 9.47. The SMILES string of the molecule is CCN(C(=O)c1ccccc1)c1ncnc2c1ncn2[C@@H]1O[C@@H]2CO[Si](C(C)(C)C)(C(C)(C)C)OC2[C@@H]1F. The largest absolute Gasteiger partial charge is 0.391 e. The van der Waals surface area contributed by atoms with E-state index in [0.29, 0.717) is 29.1 Å². The van der Waals surface area contributed by atoms with Crippen molar-refractivity contribution in [3.05, 3.63) is 48.5 Å². The lowest BCUT2D eigenvalue weighted by molar-refractivity contribution is -0.0794. The van der Waals surface area contributed by atoms with E-state index in [1.165, 1.54) is 12.7 Å². The predicted molar refractivity (Wildman–Crippen MR) is 144 cm³/mol. The fourth-order valence-corrected chi connectivity index (χ4v) is 10.8. The number of carbonyl (C=O) groups is 1. The predicted octanol–water partition coefficient (Wildman–Crippen LogP) is 5.19. The minimum Gasteiger partial charge on any atom is -0.391 e. The van der Waals surface area contributed by atoms with Crippen LogP contribution in [0.25, 0.3) is 11.2 Å². The number of hydrogen-bond acceptors (Lipinski definition) is 7. The van der Waals surface area contributed by atoms with Crippen LogP contribution >= 0.6 is 0 Å². The Bertz CT molecular complexity index is 1310. The van der Waals surface area contributed by atoms with Crippen molar-refractivity contribution in [2.24, 2.45) is 0 Å². The molecule has 0 N–H and O–H groups in total. The number of aromatic nitrogens is 4. The molecule has 3 aromatic rings. The van der Waals surface area contributed by atoms with Gasteiger partial charge in [-0.3, -0.25) is 14.3 Å². The van der Waals surface area contributed by atoms with Crippen LogP contribution in [0.1, 0.15) is 65.1 Å². The Morgan fingerprint density at radius 3 is 2.42 bits per heavy atom. The van der Waals surface area contributed by atoms with Crippen molar-refractivity contribution in [1.82, 2.24) is 19.5 Å². The maximum absolute atomic E-state index is 16.2. The van der Waals surface area contributed by atoms with E-state index in [0.717, 1.165) is 0 Å². The Morgan fingerprint density at radius 2 is 1.79 bits per heavy atom. The second-order valence-corrected chi connectivity index (χ2v) is 16.7. The van der Waals surface area contributed by atoms with Gasteiger partial charge in [-0.15, -0.1) is 0 Å². The number of nitrogens with zero attached hydrogens (tertiary/aromatic N) is 5. The molecule has 2 aliphatic heterocycles. The highest BCUT2D eigenvalue weighted by Gasteiger charge is 2.65. The molecule has 5 rings (SSSR count). The summed E-state index contributed by atoms with van der Waals surface area (Å²) in [6.07, 6.45) is -0.897. The molecule has 2 fully saturated rings. The van der Waals surface area contributed by atoms with E-state index in [-0.39, 0.29) is 22.6 Å². The molecule has 1 amide bonds. The Morgan fingerprint density at radius 1 is 1.11 bits per heavy atom. The topological polar surface area (TPSA) is 91.6 Å². The number of alkyl halides is 1. The van der Waals surface area contributed by atoms with E-state index in [1.54, 1.807) is 21.6 Å². The molecule has 4 heterocycles. The molecule has 2 aromatic heterocycles. The molecule has 11 heteroatoms. The quantitative estimate of drug-likeness (QED) is 0.420. The van der Waals surface area contributed by atoms with Gasteiger partial charge in [0, 0.05) is 22.2 Å². The Balaban J connectivity index is 1.48. The van der Waals surface area contributed by atoms with Gasteiger partial charge >= 0.3 is 8.56 Å². The highest BCUT2D eigenvalue weighted by atomic mass is 28.4. The number of rotatable bonds is 4. The average molecular weight is 542 g/mol. The number of hydrogen-bond donors (Lipinski definition) is 0. The maximum atomic E-state index is 16.2. The summed E-state index contributed by atoms with van der Waals surface area (Å²) in [6.45, 7) is 15.1. The van der Waals surface area contributed by atoms with Crippen molar-refractivity contribution in [2.45, 2.75) is 83.2 Å². The first kappa shape index (κ1) is 26.9.